The van der Waals surface area contributed by atoms with Crippen LogP contribution in [0.25, 0.3) is 0 Å². The predicted molar refractivity (Wildman–Crippen MR) is 47.7 cm³/mol. The number of Topliss-reactive ketones (excluding diaryl/α,β-unsaturated/α-hetero) is 1. The molecule has 0 aromatic carbocycles. The molecule has 0 saturated carbocycles. The van der Waals surface area contributed by atoms with Crippen LogP contribution >= 0.6 is 0 Å². The van der Waals surface area contributed by atoms with Gasteiger partial charge >= 0.3 is 0 Å². The highest BCUT2D eigenvalue weighted by Gasteiger charge is 2.25. The van der Waals surface area contributed by atoms with Gasteiger partial charge in [-0.25, -0.2) is 0 Å². The standard InChI is InChI=1S/C10H16O2/c1-3-4-5-10(11)9-6-7-12-8(9)2/h6-9H,3-5H2,1-2H3. The van der Waals surface area contributed by atoms with Crippen molar-refractivity contribution in [1.82, 2.24) is 0 Å². The van der Waals surface area contributed by atoms with E-state index in [1.807, 2.05) is 13.0 Å². The van der Waals surface area contributed by atoms with Crippen molar-refractivity contribution < 1.29 is 9.53 Å². The molecule has 0 N–H and O–H groups in total. The van der Waals surface area contributed by atoms with E-state index in [0.29, 0.717) is 12.2 Å². The summed E-state index contributed by atoms with van der Waals surface area (Å²) in [6, 6.07) is 0. The maximum atomic E-state index is 11.5. The van der Waals surface area contributed by atoms with Crippen LogP contribution < -0.4 is 0 Å². The fraction of sp³-hybridized carbons (Fsp3) is 0.700. The third-order valence-electron chi connectivity index (χ3n) is 2.23. The first kappa shape index (κ1) is 9.30. The lowest BCUT2D eigenvalue weighted by Crippen LogP contribution is -2.21. The van der Waals surface area contributed by atoms with Crippen LogP contribution in [0, 0.1) is 5.92 Å². The second kappa shape index (κ2) is 4.29. The molecule has 2 unspecified atom stereocenters. The lowest BCUT2D eigenvalue weighted by molar-refractivity contribution is -0.123. The van der Waals surface area contributed by atoms with Crippen molar-refractivity contribution >= 4 is 5.78 Å². The first-order chi connectivity index (χ1) is 5.75. The Balaban J connectivity index is 2.36. The van der Waals surface area contributed by atoms with Gasteiger partial charge in [-0.05, 0) is 19.4 Å². The molecule has 0 aliphatic carbocycles. The SMILES string of the molecule is CCCCC(=O)C1C=COC1C. The summed E-state index contributed by atoms with van der Waals surface area (Å²) in [5.41, 5.74) is 0. The van der Waals surface area contributed by atoms with E-state index in [0.717, 1.165) is 12.8 Å². The summed E-state index contributed by atoms with van der Waals surface area (Å²) in [6.07, 6.45) is 6.32. The van der Waals surface area contributed by atoms with Crippen LogP contribution in [-0.4, -0.2) is 11.9 Å². The second-order valence-corrected chi connectivity index (χ2v) is 3.27. The van der Waals surface area contributed by atoms with E-state index in [4.69, 9.17) is 4.74 Å². The van der Waals surface area contributed by atoms with Crippen molar-refractivity contribution in [2.45, 2.75) is 39.2 Å². The largest absolute Gasteiger partial charge is 0.498 e. The summed E-state index contributed by atoms with van der Waals surface area (Å²) in [4.78, 5) is 11.5. The number of hydrogen-bond acceptors (Lipinski definition) is 2. The minimum atomic E-state index is 0.0107. The Labute approximate surface area is 73.6 Å². The minimum absolute atomic E-state index is 0.0107. The molecule has 68 valence electrons. The van der Waals surface area contributed by atoms with E-state index in [1.165, 1.54) is 0 Å². The molecule has 12 heavy (non-hydrogen) atoms. The zero-order chi connectivity index (χ0) is 8.97. The zero-order valence-electron chi connectivity index (χ0n) is 7.75. The molecule has 0 aromatic heterocycles. The van der Waals surface area contributed by atoms with Gasteiger partial charge < -0.3 is 4.74 Å². The number of rotatable bonds is 4. The fourth-order valence-electron chi connectivity index (χ4n) is 1.38. The van der Waals surface area contributed by atoms with Gasteiger partial charge in [0.2, 0.25) is 0 Å². The van der Waals surface area contributed by atoms with Crippen LogP contribution in [0.1, 0.15) is 33.1 Å². The molecule has 1 aliphatic heterocycles. The zero-order valence-corrected chi connectivity index (χ0v) is 7.75. The van der Waals surface area contributed by atoms with E-state index >= 15 is 0 Å². The molecular weight excluding hydrogens is 152 g/mol. The summed E-state index contributed by atoms with van der Waals surface area (Å²) >= 11 is 0. The number of ketones is 1. The van der Waals surface area contributed by atoms with Crippen LogP contribution in [0.15, 0.2) is 12.3 Å². The van der Waals surface area contributed by atoms with Gasteiger partial charge in [0.15, 0.2) is 0 Å². The van der Waals surface area contributed by atoms with Gasteiger partial charge in [-0.1, -0.05) is 13.3 Å². The monoisotopic (exact) mass is 168 g/mol. The van der Waals surface area contributed by atoms with Crippen molar-refractivity contribution in [1.29, 1.82) is 0 Å². The summed E-state index contributed by atoms with van der Waals surface area (Å²) in [6.45, 7) is 4.03. The Kier molecular flexibility index (Phi) is 3.32. The number of carbonyl (C=O) groups is 1. The first-order valence-corrected chi connectivity index (χ1v) is 4.60. The van der Waals surface area contributed by atoms with Crippen LogP contribution in [-0.2, 0) is 9.53 Å². The van der Waals surface area contributed by atoms with Crippen molar-refractivity contribution in [2.75, 3.05) is 0 Å². The van der Waals surface area contributed by atoms with Crippen LogP contribution in [0.2, 0.25) is 0 Å². The highest BCUT2D eigenvalue weighted by atomic mass is 16.5. The first-order valence-electron chi connectivity index (χ1n) is 4.60. The number of ether oxygens (including phenoxy) is 1. The maximum Gasteiger partial charge on any atom is 0.143 e. The Morgan fingerprint density at radius 1 is 1.58 bits per heavy atom. The number of unbranched alkanes of at least 4 members (excludes halogenated alkanes) is 1. The van der Waals surface area contributed by atoms with Gasteiger partial charge in [-0.2, -0.15) is 0 Å². The quantitative estimate of drug-likeness (QED) is 0.643. The lowest BCUT2D eigenvalue weighted by atomic mass is 9.96. The van der Waals surface area contributed by atoms with Gasteiger partial charge in [0.25, 0.3) is 0 Å². The second-order valence-electron chi connectivity index (χ2n) is 3.27. The maximum absolute atomic E-state index is 11.5. The topological polar surface area (TPSA) is 26.3 Å². The number of hydrogen-bond donors (Lipinski definition) is 0. The summed E-state index contributed by atoms with van der Waals surface area (Å²) in [7, 11) is 0. The molecule has 2 atom stereocenters. The van der Waals surface area contributed by atoms with Crippen molar-refractivity contribution in [3.8, 4) is 0 Å². The molecule has 0 radical (unpaired) electrons. The summed E-state index contributed by atoms with van der Waals surface area (Å²) in [5, 5.41) is 0. The van der Waals surface area contributed by atoms with E-state index < -0.39 is 0 Å². The van der Waals surface area contributed by atoms with Crippen LogP contribution in [0.3, 0.4) is 0 Å². The average molecular weight is 168 g/mol. The van der Waals surface area contributed by atoms with Gasteiger partial charge in [-0.3, -0.25) is 4.79 Å². The highest BCUT2D eigenvalue weighted by Crippen LogP contribution is 2.20. The molecule has 1 rings (SSSR count). The summed E-state index contributed by atoms with van der Waals surface area (Å²) in [5.74, 6) is 0.328. The normalized spacial score (nSPS) is 27.2. The molecule has 0 bridgehead atoms. The third kappa shape index (κ3) is 2.10. The Bertz CT molecular complexity index is 184. The molecular formula is C10H16O2. The van der Waals surface area contributed by atoms with Crippen LogP contribution in [0.5, 0.6) is 0 Å². The molecule has 2 heteroatoms. The van der Waals surface area contributed by atoms with E-state index in [2.05, 4.69) is 6.92 Å². The average Bonchev–Trinajstić information content (AvgIpc) is 2.47. The van der Waals surface area contributed by atoms with E-state index in [-0.39, 0.29) is 12.0 Å². The molecule has 1 aliphatic rings. The third-order valence-corrected chi connectivity index (χ3v) is 2.23. The van der Waals surface area contributed by atoms with E-state index in [9.17, 15) is 4.79 Å². The van der Waals surface area contributed by atoms with Crippen molar-refractivity contribution in [3.05, 3.63) is 12.3 Å². The van der Waals surface area contributed by atoms with Crippen LogP contribution in [0.4, 0.5) is 0 Å². The molecule has 0 spiro atoms. The smallest absolute Gasteiger partial charge is 0.143 e. The molecule has 0 fully saturated rings. The predicted octanol–water partition coefficient (Wildman–Crippen LogP) is 2.29. The fourth-order valence-corrected chi connectivity index (χ4v) is 1.38. The Morgan fingerprint density at radius 3 is 2.83 bits per heavy atom. The van der Waals surface area contributed by atoms with Gasteiger partial charge in [0.1, 0.15) is 11.9 Å². The van der Waals surface area contributed by atoms with Gasteiger partial charge in [0.05, 0.1) is 12.2 Å². The molecule has 0 aromatic rings. The van der Waals surface area contributed by atoms with E-state index in [1.54, 1.807) is 6.26 Å². The molecule has 0 amide bonds. The molecule has 2 nitrogen and oxygen atoms in total. The molecule has 0 saturated heterocycles. The van der Waals surface area contributed by atoms with Crippen molar-refractivity contribution in [3.63, 3.8) is 0 Å². The Hall–Kier alpha value is -0.790. The summed E-state index contributed by atoms with van der Waals surface area (Å²) < 4.78 is 5.17. The lowest BCUT2D eigenvalue weighted by Gasteiger charge is -2.11. The van der Waals surface area contributed by atoms with Crippen molar-refractivity contribution in [2.24, 2.45) is 5.92 Å². The highest BCUT2D eigenvalue weighted by molar-refractivity contribution is 5.83. The Morgan fingerprint density at radius 2 is 2.33 bits per heavy atom. The van der Waals surface area contributed by atoms with Gasteiger partial charge in [-0.15, -0.1) is 0 Å². The van der Waals surface area contributed by atoms with Gasteiger partial charge in [0, 0.05) is 6.42 Å². The number of carbonyl (C=O) groups excluding carboxylic acids is 1. The minimum Gasteiger partial charge on any atom is -0.498 e. The molecule has 1 heterocycles.